The Morgan fingerprint density at radius 3 is 2.41 bits per heavy atom. The molecule has 3 heteroatoms. The van der Waals surface area contributed by atoms with Crippen molar-refractivity contribution in [1.82, 2.24) is 10.2 Å². The van der Waals surface area contributed by atoms with E-state index in [0.29, 0.717) is 5.56 Å². The lowest BCUT2D eigenvalue weighted by Crippen LogP contribution is -2.36. The Morgan fingerprint density at radius 1 is 1.00 bits per heavy atom. The lowest BCUT2D eigenvalue weighted by atomic mass is 10.1. The summed E-state index contributed by atoms with van der Waals surface area (Å²) in [4.78, 5) is 14.6. The number of hydrogen-bond acceptors (Lipinski definition) is 2. The van der Waals surface area contributed by atoms with Crippen molar-refractivity contribution in [3.05, 3.63) is 83.6 Å². The molecule has 3 rings (SSSR count). The van der Waals surface area contributed by atoms with E-state index in [9.17, 15) is 4.79 Å². The van der Waals surface area contributed by atoms with E-state index in [0.717, 1.165) is 31.8 Å². The Morgan fingerprint density at radius 2 is 1.68 bits per heavy atom. The molecule has 1 N–H and O–H groups in total. The second-order valence-corrected chi connectivity index (χ2v) is 5.53. The first-order valence-electron chi connectivity index (χ1n) is 7.63. The molecule has 2 aromatic rings. The van der Waals surface area contributed by atoms with Crippen LogP contribution in [0.15, 0.2) is 72.4 Å². The second-order valence-electron chi connectivity index (χ2n) is 5.53. The first kappa shape index (κ1) is 14.5. The van der Waals surface area contributed by atoms with Gasteiger partial charge in [-0.3, -0.25) is 9.69 Å². The Balaban J connectivity index is 1.59. The van der Waals surface area contributed by atoms with Gasteiger partial charge in [0.2, 0.25) is 0 Å². The highest BCUT2D eigenvalue weighted by atomic mass is 16.1. The number of amides is 1. The summed E-state index contributed by atoms with van der Waals surface area (Å²) >= 11 is 0. The van der Waals surface area contributed by atoms with Crippen LogP contribution < -0.4 is 5.32 Å². The Hall–Kier alpha value is -2.39. The number of carbonyl (C=O) groups is 1. The highest BCUT2D eigenvalue weighted by Crippen LogP contribution is 2.12. The summed E-state index contributed by atoms with van der Waals surface area (Å²) < 4.78 is 0. The van der Waals surface area contributed by atoms with Crippen LogP contribution in [0.3, 0.4) is 0 Å². The maximum Gasteiger partial charge on any atom is 0.255 e. The van der Waals surface area contributed by atoms with Crippen LogP contribution in [0, 0.1) is 0 Å². The van der Waals surface area contributed by atoms with Gasteiger partial charge in [0.25, 0.3) is 5.91 Å². The van der Waals surface area contributed by atoms with Gasteiger partial charge in [-0.25, -0.2) is 0 Å². The van der Waals surface area contributed by atoms with Gasteiger partial charge in [-0.2, -0.15) is 0 Å². The zero-order valence-corrected chi connectivity index (χ0v) is 12.5. The zero-order chi connectivity index (χ0) is 15.2. The first-order valence-corrected chi connectivity index (χ1v) is 7.63. The van der Waals surface area contributed by atoms with Crippen LogP contribution in [-0.4, -0.2) is 23.9 Å². The normalized spacial score (nSPS) is 15.2. The molecular formula is C19H20N2O. The monoisotopic (exact) mass is 292 g/mol. The molecule has 0 fully saturated rings. The largest absolute Gasteiger partial charge is 0.325 e. The third kappa shape index (κ3) is 3.83. The number of rotatable bonds is 4. The van der Waals surface area contributed by atoms with Crippen LogP contribution >= 0.6 is 0 Å². The fraction of sp³-hybridized carbons (Fsp3) is 0.211. The van der Waals surface area contributed by atoms with Crippen molar-refractivity contribution >= 4 is 5.91 Å². The van der Waals surface area contributed by atoms with Gasteiger partial charge in [-0.15, -0.1) is 0 Å². The van der Waals surface area contributed by atoms with Crippen LogP contribution in [0.1, 0.15) is 22.3 Å². The molecule has 0 saturated carbocycles. The molecule has 1 heterocycles. The van der Waals surface area contributed by atoms with Crippen molar-refractivity contribution in [2.45, 2.75) is 13.0 Å². The zero-order valence-electron chi connectivity index (χ0n) is 12.5. The summed E-state index contributed by atoms with van der Waals surface area (Å²) in [6.45, 7) is 2.73. The van der Waals surface area contributed by atoms with Crippen LogP contribution in [-0.2, 0) is 6.54 Å². The average Bonchev–Trinajstić information content (AvgIpc) is 2.57. The molecule has 1 aliphatic rings. The van der Waals surface area contributed by atoms with E-state index in [4.69, 9.17) is 0 Å². The van der Waals surface area contributed by atoms with Crippen molar-refractivity contribution in [1.29, 1.82) is 0 Å². The van der Waals surface area contributed by atoms with E-state index >= 15 is 0 Å². The first-order chi connectivity index (χ1) is 10.8. The molecule has 112 valence electrons. The summed E-state index contributed by atoms with van der Waals surface area (Å²) in [7, 11) is 0. The summed E-state index contributed by atoms with van der Waals surface area (Å²) in [6, 6.07) is 19.8. The van der Waals surface area contributed by atoms with E-state index in [1.54, 1.807) is 0 Å². The number of hydrogen-bond donors (Lipinski definition) is 1. The maximum absolute atomic E-state index is 12.2. The van der Waals surface area contributed by atoms with E-state index < -0.39 is 0 Å². The lowest BCUT2D eigenvalue weighted by molar-refractivity contribution is 0.0960. The third-order valence-electron chi connectivity index (χ3n) is 3.79. The van der Waals surface area contributed by atoms with E-state index in [-0.39, 0.29) is 5.91 Å². The van der Waals surface area contributed by atoms with Gasteiger partial charge in [0.05, 0.1) is 0 Å². The van der Waals surface area contributed by atoms with Crippen LogP contribution in [0.25, 0.3) is 0 Å². The lowest BCUT2D eigenvalue weighted by Gasteiger charge is -2.27. The second kappa shape index (κ2) is 7.05. The van der Waals surface area contributed by atoms with E-state index in [2.05, 4.69) is 40.6 Å². The molecule has 0 atom stereocenters. The molecular weight excluding hydrogens is 272 g/mol. The molecule has 3 nitrogen and oxygen atoms in total. The Kier molecular flexibility index (Phi) is 4.66. The fourth-order valence-corrected chi connectivity index (χ4v) is 2.68. The van der Waals surface area contributed by atoms with Crippen LogP contribution in [0.4, 0.5) is 0 Å². The molecule has 0 unspecified atom stereocenters. The molecule has 22 heavy (non-hydrogen) atoms. The maximum atomic E-state index is 12.2. The fourth-order valence-electron chi connectivity index (χ4n) is 2.68. The molecule has 1 amide bonds. The topological polar surface area (TPSA) is 32.3 Å². The minimum absolute atomic E-state index is 0.0339. The summed E-state index contributed by atoms with van der Waals surface area (Å²) in [5, 5.41) is 3.03. The van der Waals surface area contributed by atoms with Gasteiger partial charge >= 0.3 is 0 Å². The molecule has 0 bridgehead atoms. The van der Waals surface area contributed by atoms with E-state index in [1.165, 1.54) is 5.56 Å². The predicted octanol–water partition coefficient (Wildman–Crippen LogP) is 3.21. The minimum Gasteiger partial charge on any atom is -0.325 e. The number of nitrogens with zero attached hydrogens (tertiary/aromatic N) is 1. The molecule has 0 aliphatic carbocycles. The molecule has 0 aromatic heterocycles. The predicted molar refractivity (Wildman–Crippen MR) is 88.3 cm³/mol. The smallest absolute Gasteiger partial charge is 0.255 e. The standard InChI is InChI=1S/C19H20N2O/c22-19(17-10-5-2-6-11-17)20-18-12-7-13-21(15-18)14-16-8-3-1-4-9-16/h1-6,8-12H,7,13-15H2,(H,20,22). The molecule has 0 spiro atoms. The number of benzene rings is 2. The van der Waals surface area contributed by atoms with Crippen molar-refractivity contribution in [3.8, 4) is 0 Å². The summed E-state index contributed by atoms with van der Waals surface area (Å²) in [5.74, 6) is -0.0339. The van der Waals surface area contributed by atoms with Crippen molar-refractivity contribution in [2.24, 2.45) is 0 Å². The number of nitrogens with one attached hydrogen (secondary N) is 1. The van der Waals surface area contributed by atoms with Gasteiger partial charge in [0.1, 0.15) is 0 Å². The summed E-state index contributed by atoms with van der Waals surface area (Å²) in [6.07, 6.45) is 3.10. The molecule has 0 radical (unpaired) electrons. The van der Waals surface area contributed by atoms with Crippen molar-refractivity contribution < 1.29 is 4.79 Å². The molecule has 1 aliphatic heterocycles. The van der Waals surface area contributed by atoms with E-state index in [1.807, 2.05) is 36.4 Å². The third-order valence-corrected chi connectivity index (χ3v) is 3.79. The van der Waals surface area contributed by atoms with Gasteiger partial charge in [-0.1, -0.05) is 54.6 Å². The van der Waals surface area contributed by atoms with Gasteiger partial charge in [0, 0.05) is 30.9 Å². The molecule has 2 aromatic carbocycles. The summed E-state index contributed by atoms with van der Waals surface area (Å²) in [5.41, 5.74) is 3.00. The SMILES string of the molecule is O=C(NC1=CCCN(Cc2ccccc2)C1)c1ccccc1. The van der Waals surface area contributed by atoms with Crippen LogP contribution in [0.5, 0.6) is 0 Å². The quantitative estimate of drug-likeness (QED) is 0.938. The Bertz CT molecular complexity index is 650. The average molecular weight is 292 g/mol. The van der Waals surface area contributed by atoms with Crippen LogP contribution in [0.2, 0.25) is 0 Å². The van der Waals surface area contributed by atoms with Gasteiger partial charge in [0.15, 0.2) is 0 Å². The number of carbonyl (C=O) groups excluding carboxylic acids is 1. The van der Waals surface area contributed by atoms with Crippen molar-refractivity contribution in [3.63, 3.8) is 0 Å². The minimum atomic E-state index is -0.0339. The van der Waals surface area contributed by atoms with Crippen molar-refractivity contribution in [2.75, 3.05) is 13.1 Å². The molecule has 0 saturated heterocycles. The highest BCUT2D eigenvalue weighted by molar-refractivity contribution is 5.95. The van der Waals surface area contributed by atoms with Gasteiger partial charge in [-0.05, 0) is 24.1 Å². The highest BCUT2D eigenvalue weighted by Gasteiger charge is 2.15. The Labute approximate surface area is 131 Å². The van der Waals surface area contributed by atoms with Gasteiger partial charge < -0.3 is 5.32 Å².